The molecule has 0 saturated heterocycles. The first kappa shape index (κ1) is 27.0. The minimum absolute atomic E-state index is 0.0267. The van der Waals surface area contributed by atoms with E-state index in [1.165, 1.54) is 12.0 Å². The van der Waals surface area contributed by atoms with Crippen molar-refractivity contribution in [1.82, 2.24) is 10.0 Å². The van der Waals surface area contributed by atoms with E-state index in [0.717, 1.165) is 0 Å². The fourth-order valence-corrected chi connectivity index (χ4v) is 6.20. The Balaban J connectivity index is 1.67. The first-order valence-corrected chi connectivity index (χ1v) is 13.0. The lowest BCUT2D eigenvalue weighted by molar-refractivity contribution is -0.126. The second-order valence-electron chi connectivity index (χ2n) is 11.2. The summed E-state index contributed by atoms with van der Waals surface area (Å²) in [4.78, 5) is 43.2. The summed E-state index contributed by atoms with van der Waals surface area (Å²) < 4.78 is 5.24. The molecule has 2 aromatic rings. The molecule has 40 heavy (non-hydrogen) atoms. The topological polar surface area (TPSA) is 132 Å². The molecule has 1 spiro atoms. The van der Waals surface area contributed by atoms with Crippen LogP contribution in [0.2, 0.25) is 0 Å². The maximum absolute atomic E-state index is 14.6. The number of carbonyl (C=O) groups is 3. The number of amides is 2. The van der Waals surface area contributed by atoms with Crippen molar-refractivity contribution in [3.63, 3.8) is 0 Å². The molecule has 0 unspecified atom stereocenters. The number of hydrogen-bond acceptors (Lipinski definition) is 8. The standard InChI is InChI=1S/C30H32N6O4/c1-29(2)14-23-26(24(37)15-29)30(21(16-31)27(32)36(23)34(3)4)20-11-6-7-12-22(20)35(28(30)39)17-25(38)33-18-9-8-10-19(13-18)40-5/h6-13H,14-15,17,32H2,1-5H3,(H,33,38)/t30-/m0/s1. The molecule has 1 aliphatic carbocycles. The molecular weight excluding hydrogens is 508 g/mol. The van der Waals surface area contributed by atoms with Crippen LogP contribution < -0.4 is 20.7 Å². The Morgan fingerprint density at radius 2 is 1.88 bits per heavy atom. The Hall–Kier alpha value is -4.62. The number of carbonyl (C=O) groups excluding carboxylic acids is 3. The van der Waals surface area contributed by atoms with E-state index in [-0.39, 0.29) is 41.1 Å². The van der Waals surface area contributed by atoms with Crippen LogP contribution in [-0.2, 0) is 19.8 Å². The molecule has 5 rings (SSSR count). The van der Waals surface area contributed by atoms with E-state index in [0.29, 0.717) is 34.8 Å². The minimum atomic E-state index is -1.75. The zero-order chi connectivity index (χ0) is 29.0. The zero-order valence-electron chi connectivity index (χ0n) is 23.2. The number of fused-ring (bicyclic) bond motifs is 3. The first-order valence-electron chi connectivity index (χ1n) is 13.0. The second kappa shape index (κ2) is 9.54. The van der Waals surface area contributed by atoms with Gasteiger partial charge in [-0.05, 0) is 30.0 Å². The van der Waals surface area contributed by atoms with Crippen LogP contribution >= 0.6 is 0 Å². The molecule has 3 aliphatic rings. The highest BCUT2D eigenvalue weighted by Crippen LogP contribution is 2.57. The summed E-state index contributed by atoms with van der Waals surface area (Å²) in [7, 11) is 5.08. The van der Waals surface area contributed by atoms with Crippen molar-refractivity contribution < 1.29 is 19.1 Å². The van der Waals surface area contributed by atoms with E-state index in [9.17, 15) is 19.6 Å². The van der Waals surface area contributed by atoms with Gasteiger partial charge >= 0.3 is 0 Å². The number of ether oxygens (including phenoxy) is 1. The van der Waals surface area contributed by atoms with Crippen molar-refractivity contribution in [3.8, 4) is 11.8 Å². The fraction of sp³-hybridized carbons (Fsp3) is 0.333. The number of nitriles is 1. The molecule has 0 aromatic heterocycles. The molecule has 0 fully saturated rings. The predicted octanol–water partition coefficient (Wildman–Crippen LogP) is 3.05. The Labute approximate surface area is 233 Å². The summed E-state index contributed by atoms with van der Waals surface area (Å²) in [6.07, 6.45) is 0.679. The molecule has 10 nitrogen and oxygen atoms in total. The number of anilines is 2. The van der Waals surface area contributed by atoms with Crippen molar-refractivity contribution in [2.45, 2.75) is 32.1 Å². The van der Waals surface area contributed by atoms with E-state index in [2.05, 4.69) is 11.4 Å². The van der Waals surface area contributed by atoms with Gasteiger partial charge in [-0.25, -0.2) is 5.01 Å². The number of benzene rings is 2. The highest BCUT2D eigenvalue weighted by atomic mass is 16.5. The maximum atomic E-state index is 14.6. The predicted molar refractivity (Wildman–Crippen MR) is 149 cm³/mol. The number of hydrogen-bond donors (Lipinski definition) is 2. The van der Waals surface area contributed by atoms with Gasteiger partial charge in [-0.2, -0.15) is 5.26 Å². The summed E-state index contributed by atoms with van der Waals surface area (Å²) >= 11 is 0. The lowest BCUT2D eigenvalue weighted by atomic mass is 9.61. The summed E-state index contributed by atoms with van der Waals surface area (Å²) in [6.45, 7) is 3.66. The van der Waals surface area contributed by atoms with Gasteiger partial charge in [0.05, 0.1) is 12.7 Å². The van der Waals surface area contributed by atoms with E-state index in [4.69, 9.17) is 10.5 Å². The average molecular weight is 541 g/mol. The molecule has 3 N–H and O–H groups in total. The molecule has 206 valence electrons. The van der Waals surface area contributed by atoms with Gasteiger partial charge in [0.25, 0.3) is 0 Å². The Morgan fingerprint density at radius 1 is 1.15 bits per heavy atom. The van der Waals surface area contributed by atoms with E-state index in [1.54, 1.807) is 72.6 Å². The number of allylic oxidation sites excluding steroid dienone is 1. The van der Waals surface area contributed by atoms with Crippen molar-refractivity contribution in [3.05, 3.63) is 76.8 Å². The van der Waals surface area contributed by atoms with Crippen LogP contribution in [0.1, 0.15) is 32.3 Å². The number of Topliss-reactive ketones (excluding diaryl/α,β-unsaturated/α-hetero) is 1. The number of methoxy groups -OCH3 is 1. The Morgan fingerprint density at radius 3 is 2.55 bits per heavy atom. The van der Waals surface area contributed by atoms with Gasteiger partial charge in [-0.1, -0.05) is 38.1 Å². The number of ketones is 1. The SMILES string of the molecule is COc1cccc(NC(=O)CN2C(=O)[C@]3(C(C#N)=C(N)N(N(C)C)C4=C3C(=O)CC(C)(C)C4)c3ccccc32)c1. The fourth-order valence-electron chi connectivity index (χ4n) is 6.20. The van der Waals surface area contributed by atoms with Gasteiger partial charge in [-0.15, -0.1) is 0 Å². The van der Waals surface area contributed by atoms with Gasteiger partial charge in [-0.3, -0.25) is 19.4 Å². The largest absolute Gasteiger partial charge is 0.497 e. The Kier molecular flexibility index (Phi) is 6.43. The summed E-state index contributed by atoms with van der Waals surface area (Å²) in [5, 5.41) is 16.7. The van der Waals surface area contributed by atoms with Crippen LogP contribution in [0.15, 0.2) is 71.2 Å². The highest BCUT2D eigenvalue weighted by Gasteiger charge is 2.63. The monoisotopic (exact) mass is 540 g/mol. The normalized spacial score (nSPS) is 21.5. The molecule has 0 radical (unpaired) electrons. The molecule has 1 atom stereocenters. The second-order valence-corrected chi connectivity index (χ2v) is 11.2. The molecule has 2 amide bonds. The lowest BCUT2D eigenvalue weighted by Crippen LogP contribution is -2.56. The van der Waals surface area contributed by atoms with Gasteiger partial charge < -0.3 is 20.7 Å². The number of nitrogens with one attached hydrogen (secondary N) is 1. The summed E-state index contributed by atoms with van der Waals surface area (Å²) in [5.41, 5.74) is 6.77. The number of nitrogens with zero attached hydrogens (tertiary/aromatic N) is 4. The summed E-state index contributed by atoms with van der Waals surface area (Å²) in [6, 6.07) is 16.1. The van der Waals surface area contributed by atoms with Crippen molar-refractivity contribution >= 4 is 29.0 Å². The number of nitrogens with two attached hydrogens (primary N) is 1. The molecule has 0 bridgehead atoms. The molecule has 0 saturated carbocycles. The van der Waals surface area contributed by atoms with Gasteiger partial charge in [0.1, 0.15) is 29.6 Å². The first-order chi connectivity index (χ1) is 19.0. The van der Waals surface area contributed by atoms with Crippen LogP contribution in [0.3, 0.4) is 0 Å². The van der Waals surface area contributed by atoms with Crippen LogP contribution in [0.25, 0.3) is 0 Å². The quantitative estimate of drug-likeness (QED) is 0.592. The number of rotatable bonds is 5. The Bertz CT molecular complexity index is 1550. The molecule has 10 heteroatoms. The molecule has 2 heterocycles. The van der Waals surface area contributed by atoms with Gasteiger partial charge in [0.15, 0.2) is 5.78 Å². The van der Waals surface area contributed by atoms with Crippen molar-refractivity contribution in [1.29, 1.82) is 5.26 Å². The molecular formula is C30H32N6O4. The third-order valence-corrected chi connectivity index (χ3v) is 7.67. The maximum Gasteiger partial charge on any atom is 0.248 e. The van der Waals surface area contributed by atoms with Crippen LogP contribution in [-0.4, -0.2) is 55.4 Å². The third-order valence-electron chi connectivity index (χ3n) is 7.67. The van der Waals surface area contributed by atoms with E-state index < -0.39 is 17.2 Å². The average Bonchev–Trinajstić information content (AvgIpc) is 3.11. The minimum Gasteiger partial charge on any atom is -0.497 e. The number of hydrazine groups is 1. The van der Waals surface area contributed by atoms with Crippen molar-refractivity contribution in [2.75, 3.05) is 38.0 Å². The third kappa shape index (κ3) is 3.93. The van der Waals surface area contributed by atoms with E-state index >= 15 is 0 Å². The smallest absolute Gasteiger partial charge is 0.248 e. The summed E-state index contributed by atoms with van der Waals surface area (Å²) in [5.74, 6) is -0.552. The lowest BCUT2D eigenvalue weighted by Gasteiger charge is -2.48. The van der Waals surface area contributed by atoms with Gasteiger partial charge in [0, 0.05) is 54.8 Å². The molecule has 2 aromatic carbocycles. The number of para-hydroxylation sites is 1. The van der Waals surface area contributed by atoms with E-state index in [1.807, 2.05) is 13.8 Å². The zero-order valence-corrected chi connectivity index (χ0v) is 23.2. The van der Waals surface area contributed by atoms with Gasteiger partial charge in [0.2, 0.25) is 11.8 Å². The van der Waals surface area contributed by atoms with Crippen LogP contribution in [0.4, 0.5) is 11.4 Å². The van der Waals surface area contributed by atoms with Crippen LogP contribution in [0.5, 0.6) is 5.75 Å². The van der Waals surface area contributed by atoms with Crippen molar-refractivity contribution in [2.24, 2.45) is 11.1 Å². The molecule has 2 aliphatic heterocycles. The highest BCUT2D eigenvalue weighted by molar-refractivity contribution is 6.21. The van der Waals surface area contributed by atoms with Crippen LogP contribution in [0, 0.1) is 16.7 Å².